The molecule has 1 heterocycles. The fourth-order valence-electron chi connectivity index (χ4n) is 2.10. The Labute approximate surface area is 101 Å². The highest BCUT2D eigenvalue weighted by molar-refractivity contribution is 5.70. The number of para-hydroxylation sites is 1. The smallest absolute Gasteiger partial charge is 0.128 e. The van der Waals surface area contributed by atoms with Crippen molar-refractivity contribution < 1.29 is 4.74 Å². The molecular weight excluding hydrogens is 214 g/mol. The van der Waals surface area contributed by atoms with Crippen LogP contribution >= 0.6 is 0 Å². The van der Waals surface area contributed by atoms with Crippen molar-refractivity contribution in [2.75, 3.05) is 7.11 Å². The van der Waals surface area contributed by atoms with Crippen LogP contribution in [0.15, 0.2) is 24.3 Å². The van der Waals surface area contributed by atoms with E-state index in [1.807, 2.05) is 42.9 Å². The minimum Gasteiger partial charge on any atom is -0.496 e. The average Bonchev–Trinajstić information content (AvgIpc) is 2.64. The van der Waals surface area contributed by atoms with E-state index in [0.29, 0.717) is 6.54 Å². The largest absolute Gasteiger partial charge is 0.496 e. The molecule has 2 N–H and O–H groups in total. The molecule has 0 spiro atoms. The molecule has 2 aromatic rings. The van der Waals surface area contributed by atoms with E-state index in [1.54, 1.807) is 7.11 Å². The standard InChI is InChI=1S/C13H17N3O/c1-9-11(8-14)15-16(2)13(9)10-6-4-5-7-12(10)17-3/h4-7H,8,14H2,1-3H3. The molecular formula is C13H17N3O. The Bertz CT molecular complexity index is 531. The summed E-state index contributed by atoms with van der Waals surface area (Å²) in [7, 11) is 3.60. The maximum Gasteiger partial charge on any atom is 0.128 e. The van der Waals surface area contributed by atoms with E-state index in [4.69, 9.17) is 10.5 Å². The molecule has 0 saturated carbocycles. The molecule has 0 radical (unpaired) electrons. The number of aromatic nitrogens is 2. The molecule has 4 heteroatoms. The first-order valence-electron chi connectivity index (χ1n) is 5.55. The molecule has 0 aliphatic carbocycles. The van der Waals surface area contributed by atoms with Crippen LogP contribution in [0.2, 0.25) is 0 Å². The molecule has 0 amide bonds. The predicted molar refractivity (Wildman–Crippen MR) is 67.8 cm³/mol. The Hall–Kier alpha value is -1.81. The molecule has 0 unspecified atom stereocenters. The normalized spacial score (nSPS) is 10.6. The van der Waals surface area contributed by atoms with Gasteiger partial charge in [0.25, 0.3) is 0 Å². The highest BCUT2D eigenvalue weighted by atomic mass is 16.5. The number of ether oxygens (including phenoxy) is 1. The fourth-order valence-corrected chi connectivity index (χ4v) is 2.10. The number of hydrogen-bond acceptors (Lipinski definition) is 3. The molecule has 0 atom stereocenters. The maximum absolute atomic E-state index is 5.67. The number of methoxy groups -OCH3 is 1. The number of nitrogens with two attached hydrogens (primary N) is 1. The number of benzene rings is 1. The van der Waals surface area contributed by atoms with E-state index in [-0.39, 0.29) is 0 Å². The molecule has 17 heavy (non-hydrogen) atoms. The van der Waals surface area contributed by atoms with E-state index >= 15 is 0 Å². The lowest BCUT2D eigenvalue weighted by atomic mass is 10.1. The van der Waals surface area contributed by atoms with Gasteiger partial charge in [0, 0.05) is 19.2 Å². The Kier molecular flexibility index (Phi) is 3.15. The molecule has 2 rings (SSSR count). The Morgan fingerprint density at radius 3 is 2.65 bits per heavy atom. The summed E-state index contributed by atoms with van der Waals surface area (Å²) in [6.07, 6.45) is 0. The van der Waals surface area contributed by atoms with Gasteiger partial charge in [-0.15, -0.1) is 0 Å². The first-order chi connectivity index (χ1) is 8.19. The van der Waals surface area contributed by atoms with E-state index in [2.05, 4.69) is 5.10 Å². The van der Waals surface area contributed by atoms with Crippen LogP contribution in [0.3, 0.4) is 0 Å². The lowest BCUT2D eigenvalue weighted by Gasteiger charge is -2.09. The van der Waals surface area contributed by atoms with Crippen molar-refractivity contribution >= 4 is 0 Å². The SMILES string of the molecule is COc1ccccc1-c1c(C)c(CN)nn1C. The monoisotopic (exact) mass is 231 g/mol. The quantitative estimate of drug-likeness (QED) is 0.877. The van der Waals surface area contributed by atoms with Gasteiger partial charge in [-0.3, -0.25) is 4.68 Å². The lowest BCUT2D eigenvalue weighted by molar-refractivity contribution is 0.416. The van der Waals surface area contributed by atoms with Gasteiger partial charge in [0.1, 0.15) is 5.75 Å². The zero-order chi connectivity index (χ0) is 12.4. The summed E-state index contributed by atoms with van der Waals surface area (Å²) in [5.74, 6) is 0.849. The third kappa shape index (κ3) is 1.91. The highest BCUT2D eigenvalue weighted by Gasteiger charge is 2.15. The number of nitrogens with zero attached hydrogens (tertiary/aromatic N) is 2. The van der Waals surface area contributed by atoms with Gasteiger partial charge in [0.05, 0.1) is 18.5 Å². The third-order valence-electron chi connectivity index (χ3n) is 2.94. The summed E-state index contributed by atoms with van der Waals surface area (Å²) in [5.41, 5.74) is 9.81. The van der Waals surface area contributed by atoms with Gasteiger partial charge < -0.3 is 10.5 Å². The van der Waals surface area contributed by atoms with Crippen LogP contribution in [-0.2, 0) is 13.6 Å². The Morgan fingerprint density at radius 2 is 2.06 bits per heavy atom. The van der Waals surface area contributed by atoms with Gasteiger partial charge in [0.2, 0.25) is 0 Å². The van der Waals surface area contributed by atoms with Crippen LogP contribution in [0.1, 0.15) is 11.3 Å². The molecule has 0 aliphatic rings. The minimum atomic E-state index is 0.453. The molecule has 0 fully saturated rings. The van der Waals surface area contributed by atoms with Gasteiger partial charge >= 0.3 is 0 Å². The molecule has 0 saturated heterocycles. The van der Waals surface area contributed by atoms with Crippen LogP contribution in [0.25, 0.3) is 11.3 Å². The van der Waals surface area contributed by atoms with Gasteiger partial charge in [0.15, 0.2) is 0 Å². The van der Waals surface area contributed by atoms with Crippen molar-refractivity contribution in [1.82, 2.24) is 9.78 Å². The van der Waals surface area contributed by atoms with E-state index in [0.717, 1.165) is 28.3 Å². The second-order valence-corrected chi connectivity index (χ2v) is 3.95. The molecule has 4 nitrogen and oxygen atoms in total. The number of rotatable bonds is 3. The van der Waals surface area contributed by atoms with E-state index in [1.165, 1.54) is 0 Å². The summed E-state index contributed by atoms with van der Waals surface area (Å²) in [6, 6.07) is 7.93. The van der Waals surface area contributed by atoms with Crippen LogP contribution in [-0.4, -0.2) is 16.9 Å². The van der Waals surface area contributed by atoms with E-state index in [9.17, 15) is 0 Å². The van der Waals surface area contributed by atoms with Gasteiger partial charge in [-0.2, -0.15) is 5.10 Å². The zero-order valence-electron chi connectivity index (χ0n) is 10.4. The Balaban J connectivity index is 2.64. The first-order valence-corrected chi connectivity index (χ1v) is 5.55. The summed E-state index contributed by atoms with van der Waals surface area (Å²) in [5, 5.41) is 4.42. The van der Waals surface area contributed by atoms with Crippen molar-refractivity contribution in [3.63, 3.8) is 0 Å². The van der Waals surface area contributed by atoms with Crippen molar-refractivity contribution in [3.8, 4) is 17.0 Å². The van der Waals surface area contributed by atoms with Crippen molar-refractivity contribution in [1.29, 1.82) is 0 Å². The second kappa shape index (κ2) is 4.59. The van der Waals surface area contributed by atoms with Crippen molar-refractivity contribution in [2.45, 2.75) is 13.5 Å². The lowest BCUT2D eigenvalue weighted by Crippen LogP contribution is -1.99. The van der Waals surface area contributed by atoms with Gasteiger partial charge in [-0.05, 0) is 24.6 Å². The van der Waals surface area contributed by atoms with Crippen LogP contribution < -0.4 is 10.5 Å². The maximum atomic E-state index is 5.67. The first kappa shape index (κ1) is 11.7. The number of aryl methyl sites for hydroxylation is 1. The fraction of sp³-hybridized carbons (Fsp3) is 0.308. The molecule has 90 valence electrons. The molecule has 0 aliphatic heterocycles. The number of hydrogen-bond donors (Lipinski definition) is 1. The molecule has 1 aromatic carbocycles. The molecule has 0 bridgehead atoms. The average molecular weight is 231 g/mol. The van der Waals surface area contributed by atoms with Gasteiger partial charge in [-0.25, -0.2) is 0 Å². The zero-order valence-corrected chi connectivity index (χ0v) is 10.4. The predicted octanol–water partition coefficient (Wildman–Crippen LogP) is 1.86. The minimum absolute atomic E-state index is 0.453. The second-order valence-electron chi connectivity index (χ2n) is 3.95. The van der Waals surface area contributed by atoms with Crippen LogP contribution in [0.5, 0.6) is 5.75 Å². The topological polar surface area (TPSA) is 53.1 Å². The van der Waals surface area contributed by atoms with Crippen molar-refractivity contribution in [2.24, 2.45) is 12.8 Å². The van der Waals surface area contributed by atoms with E-state index < -0.39 is 0 Å². The molecule has 1 aromatic heterocycles. The highest BCUT2D eigenvalue weighted by Crippen LogP contribution is 2.32. The van der Waals surface area contributed by atoms with Crippen LogP contribution in [0.4, 0.5) is 0 Å². The van der Waals surface area contributed by atoms with Crippen LogP contribution in [0, 0.1) is 6.92 Å². The third-order valence-corrected chi connectivity index (χ3v) is 2.94. The van der Waals surface area contributed by atoms with Crippen molar-refractivity contribution in [3.05, 3.63) is 35.5 Å². The summed E-state index contributed by atoms with van der Waals surface area (Å²) >= 11 is 0. The van der Waals surface area contributed by atoms with Gasteiger partial charge in [-0.1, -0.05) is 12.1 Å². The Morgan fingerprint density at radius 1 is 1.35 bits per heavy atom. The summed E-state index contributed by atoms with van der Waals surface area (Å²) in [4.78, 5) is 0. The summed E-state index contributed by atoms with van der Waals surface area (Å²) in [6.45, 7) is 2.49. The summed E-state index contributed by atoms with van der Waals surface area (Å²) < 4.78 is 7.24.